The van der Waals surface area contributed by atoms with E-state index >= 15 is 0 Å². The van der Waals surface area contributed by atoms with E-state index in [0.29, 0.717) is 12.8 Å². The van der Waals surface area contributed by atoms with E-state index in [1.54, 1.807) is 13.8 Å². The van der Waals surface area contributed by atoms with Crippen LogP contribution < -0.4 is 0 Å². The third-order valence-corrected chi connectivity index (χ3v) is 3.89. The van der Waals surface area contributed by atoms with Gasteiger partial charge in [0.25, 0.3) is 0 Å². The molecule has 31 heavy (non-hydrogen) atoms. The van der Waals surface area contributed by atoms with Crippen LogP contribution in [0, 0.1) is 0 Å². The summed E-state index contributed by atoms with van der Waals surface area (Å²) in [7, 11) is 0. The fourth-order valence-electron chi connectivity index (χ4n) is 1.68. The van der Waals surface area contributed by atoms with E-state index in [1.807, 2.05) is 13.8 Å². The molecular weight excluding hydrogens is 416 g/mol. The first-order chi connectivity index (χ1) is 14.6. The minimum Gasteiger partial charge on any atom is -0.460 e. The van der Waals surface area contributed by atoms with Crippen molar-refractivity contribution in [3.05, 3.63) is 0 Å². The average Bonchev–Trinajstić information content (AvgIpc) is 2.72. The van der Waals surface area contributed by atoms with Gasteiger partial charge in [0.15, 0.2) is 12.2 Å². The standard InChI is InChI=1S/C20H34O11/c1-7-13(3)28-17(21)15(5)30-19(23)26-11-9-25-10-12-27-20(24)31-16(6)18(22)29-14(4)8-2/h13-16H,7-12H2,1-6H3. The van der Waals surface area contributed by atoms with Crippen LogP contribution in [0.3, 0.4) is 0 Å². The molecule has 0 aliphatic heterocycles. The Morgan fingerprint density at radius 3 is 1.26 bits per heavy atom. The highest BCUT2D eigenvalue weighted by molar-refractivity contribution is 5.77. The maximum Gasteiger partial charge on any atom is 0.509 e. The minimum atomic E-state index is -1.09. The van der Waals surface area contributed by atoms with Crippen LogP contribution in [-0.4, -0.2) is 75.1 Å². The Morgan fingerprint density at radius 2 is 0.935 bits per heavy atom. The summed E-state index contributed by atoms with van der Waals surface area (Å²) >= 11 is 0. The van der Waals surface area contributed by atoms with Crippen LogP contribution in [-0.2, 0) is 42.7 Å². The molecule has 0 spiro atoms. The summed E-state index contributed by atoms with van der Waals surface area (Å²) in [5.41, 5.74) is 0. The Hall–Kier alpha value is -2.56. The van der Waals surface area contributed by atoms with Crippen molar-refractivity contribution in [2.45, 2.75) is 78.8 Å². The first-order valence-electron chi connectivity index (χ1n) is 10.3. The predicted molar refractivity (Wildman–Crippen MR) is 106 cm³/mol. The van der Waals surface area contributed by atoms with Crippen molar-refractivity contribution in [1.82, 2.24) is 0 Å². The molecule has 11 nitrogen and oxygen atoms in total. The fourth-order valence-corrected chi connectivity index (χ4v) is 1.68. The number of carbonyl (C=O) groups excluding carboxylic acids is 4. The van der Waals surface area contributed by atoms with Gasteiger partial charge in [0.2, 0.25) is 0 Å². The van der Waals surface area contributed by atoms with Crippen molar-refractivity contribution in [3.63, 3.8) is 0 Å². The summed E-state index contributed by atoms with van der Waals surface area (Å²) in [5, 5.41) is 0. The maximum absolute atomic E-state index is 11.7. The highest BCUT2D eigenvalue weighted by Gasteiger charge is 2.22. The SMILES string of the molecule is CCC(C)OC(=O)C(C)OC(=O)OCCOCCOC(=O)OC(C)C(=O)OC(C)CC. The van der Waals surface area contributed by atoms with Crippen LogP contribution in [0.4, 0.5) is 9.59 Å². The molecule has 0 aromatic rings. The van der Waals surface area contributed by atoms with Gasteiger partial charge in [-0.3, -0.25) is 0 Å². The lowest BCUT2D eigenvalue weighted by Gasteiger charge is -2.16. The number of ether oxygens (including phenoxy) is 7. The largest absolute Gasteiger partial charge is 0.509 e. The molecule has 4 unspecified atom stereocenters. The van der Waals surface area contributed by atoms with E-state index in [1.165, 1.54) is 13.8 Å². The Labute approximate surface area is 182 Å². The number of rotatable bonds is 14. The van der Waals surface area contributed by atoms with Gasteiger partial charge in [-0.1, -0.05) is 13.8 Å². The van der Waals surface area contributed by atoms with Gasteiger partial charge in [-0.05, 0) is 40.5 Å². The Morgan fingerprint density at radius 1 is 0.581 bits per heavy atom. The third kappa shape index (κ3) is 14.1. The van der Waals surface area contributed by atoms with Crippen molar-refractivity contribution in [3.8, 4) is 0 Å². The lowest BCUT2D eigenvalue weighted by atomic mass is 10.3. The molecule has 0 heterocycles. The first-order valence-corrected chi connectivity index (χ1v) is 10.3. The van der Waals surface area contributed by atoms with Crippen LogP contribution in [0.5, 0.6) is 0 Å². The second kappa shape index (κ2) is 16.2. The van der Waals surface area contributed by atoms with E-state index in [4.69, 9.17) is 33.2 Å². The van der Waals surface area contributed by atoms with Gasteiger partial charge in [0.05, 0.1) is 25.4 Å². The molecular formula is C20H34O11. The molecule has 0 N–H and O–H groups in total. The van der Waals surface area contributed by atoms with E-state index in [9.17, 15) is 19.2 Å². The van der Waals surface area contributed by atoms with Crippen LogP contribution in [0.1, 0.15) is 54.4 Å². The monoisotopic (exact) mass is 450 g/mol. The fraction of sp³-hybridized carbons (Fsp3) is 0.800. The number of esters is 2. The lowest BCUT2D eigenvalue weighted by molar-refractivity contribution is -0.159. The van der Waals surface area contributed by atoms with Crippen LogP contribution >= 0.6 is 0 Å². The number of hydrogen-bond donors (Lipinski definition) is 0. The van der Waals surface area contributed by atoms with Crippen molar-refractivity contribution < 1.29 is 52.3 Å². The van der Waals surface area contributed by atoms with Crippen LogP contribution in [0.15, 0.2) is 0 Å². The molecule has 0 aromatic carbocycles. The van der Waals surface area contributed by atoms with Crippen molar-refractivity contribution in [1.29, 1.82) is 0 Å². The molecule has 0 saturated carbocycles. The summed E-state index contributed by atoms with van der Waals surface area (Å²) in [6.07, 6.45) is -3.51. The molecule has 0 aliphatic carbocycles. The zero-order valence-electron chi connectivity index (χ0n) is 19.0. The molecule has 0 rings (SSSR count). The molecule has 0 saturated heterocycles. The van der Waals surface area contributed by atoms with Gasteiger partial charge >= 0.3 is 24.2 Å². The van der Waals surface area contributed by atoms with Gasteiger partial charge in [-0.15, -0.1) is 0 Å². The smallest absolute Gasteiger partial charge is 0.460 e. The summed E-state index contributed by atoms with van der Waals surface area (Å²) in [6.45, 7) is 9.69. The highest BCUT2D eigenvalue weighted by atomic mass is 16.7. The normalized spacial score (nSPS) is 14.4. The van der Waals surface area contributed by atoms with E-state index in [2.05, 4.69) is 0 Å². The lowest BCUT2D eigenvalue weighted by Crippen LogP contribution is -2.29. The van der Waals surface area contributed by atoms with Gasteiger partial charge in [-0.25, -0.2) is 19.2 Å². The molecule has 0 aliphatic rings. The zero-order valence-corrected chi connectivity index (χ0v) is 19.0. The van der Waals surface area contributed by atoms with Crippen LogP contribution in [0.25, 0.3) is 0 Å². The Kier molecular flexibility index (Phi) is 14.8. The highest BCUT2D eigenvalue weighted by Crippen LogP contribution is 2.04. The second-order valence-corrected chi connectivity index (χ2v) is 6.64. The Balaban J connectivity index is 3.82. The summed E-state index contributed by atoms with van der Waals surface area (Å²) in [4.78, 5) is 46.3. The maximum atomic E-state index is 11.7. The molecule has 0 bridgehead atoms. The average molecular weight is 450 g/mol. The van der Waals surface area contributed by atoms with Crippen LogP contribution in [0.2, 0.25) is 0 Å². The molecule has 0 aromatic heterocycles. The van der Waals surface area contributed by atoms with E-state index in [0.717, 1.165) is 0 Å². The Bertz CT molecular complexity index is 515. The molecule has 11 heteroatoms. The summed E-state index contributed by atoms with van der Waals surface area (Å²) < 4.78 is 34.3. The van der Waals surface area contributed by atoms with Gasteiger partial charge in [0, 0.05) is 0 Å². The first kappa shape index (κ1) is 28.4. The topological polar surface area (TPSA) is 133 Å². The molecule has 180 valence electrons. The minimum absolute atomic E-state index is 0.0108. The second-order valence-electron chi connectivity index (χ2n) is 6.64. The summed E-state index contributed by atoms with van der Waals surface area (Å²) in [5.74, 6) is -1.32. The predicted octanol–water partition coefficient (Wildman–Crippen LogP) is 2.77. The molecule has 4 atom stereocenters. The van der Waals surface area contributed by atoms with E-state index < -0.39 is 36.5 Å². The number of carbonyl (C=O) groups is 4. The van der Waals surface area contributed by atoms with Crippen molar-refractivity contribution >= 4 is 24.2 Å². The van der Waals surface area contributed by atoms with Gasteiger partial charge in [0.1, 0.15) is 13.2 Å². The molecule has 0 fully saturated rings. The molecule has 0 radical (unpaired) electrons. The van der Waals surface area contributed by atoms with E-state index in [-0.39, 0.29) is 38.6 Å². The van der Waals surface area contributed by atoms with Gasteiger partial charge in [-0.2, -0.15) is 0 Å². The third-order valence-electron chi connectivity index (χ3n) is 3.89. The number of hydrogen-bond acceptors (Lipinski definition) is 11. The van der Waals surface area contributed by atoms with Crippen molar-refractivity contribution in [2.24, 2.45) is 0 Å². The summed E-state index contributed by atoms with van der Waals surface area (Å²) in [6, 6.07) is 0. The molecule has 0 amide bonds. The zero-order chi connectivity index (χ0) is 23.8. The van der Waals surface area contributed by atoms with Gasteiger partial charge < -0.3 is 33.2 Å². The van der Waals surface area contributed by atoms with Crippen molar-refractivity contribution in [2.75, 3.05) is 26.4 Å². The quantitative estimate of drug-likeness (QED) is 0.220.